The summed E-state index contributed by atoms with van der Waals surface area (Å²) in [6, 6.07) is 0. The van der Waals surface area contributed by atoms with Crippen molar-refractivity contribution in [2.75, 3.05) is 26.3 Å². The van der Waals surface area contributed by atoms with Crippen LogP contribution in [0.3, 0.4) is 0 Å². The van der Waals surface area contributed by atoms with Crippen molar-refractivity contribution in [3.63, 3.8) is 0 Å². The van der Waals surface area contributed by atoms with Gasteiger partial charge in [-0.2, -0.15) is 0 Å². The zero-order valence-electron chi connectivity index (χ0n) is 3.74. The average Bonchev–Trinajstić information content (AvgIpc) is 1.72. The largest absolute Gasteiger partial charge is 0.379 e. The van der Waals surface area contributed by atoms with E-state index in [2.05, 4.69) is 5.32 Å². The molecule has 2 nitrogen and oxygen atoms in total. The zero-order valence-corrected chi connectivity index (χ0v) is 3.74. The Kier molecular flexibility index (Phi) is 1.47. The minimum absolute atomic E-state index is 0. The summed E-state index contributed by atoms with van der Waals surface area (Å²) >= 11 is 0. The van der Waals surface area contributed by atoms with Gasteiger partial charge < -0.3 is 10.1 Å². The molecule has 0 unspecified atom stereocenters. The smallest absolute Gasteiger partial charge is 0.0591 e. The van der Waals surface area contributed by atoms with Crippen LogP contribution in [0.5, 0.6) is 0 Å². The summed E-state index contributed by atoms with van der Waals surface area (Å²) in [5, 5.41) is 3.16. The molecule has 1 aliphatic rings. The lowest BCUT2D eigenvalue weighted by Gasteiger charge is -2.10. The van der Waals surface area contributed by atoms with Crippen molar-refractivity contribution in [2.24, 2.45) is 0 Å². The highest BCUT2D eigenvalue weighted by Crippen LogP contribution is 1.76. The molecule has 1 saturated heterocycles. The Morgan fingerprint density at radius 3 is 2.17 bits per heavy atom. The second-order valence-electron chi connectivity index (χ2n) is 1.36. The summed E-state index contributed by atoms with van der Waals surface area (Å²) in [4.78, 5) is 0. The highest BCUT2D eigenvalue weighted by Gasteiger charge is 1.92. The van der Waals surface area contributed by atoms with Crippen LogP contribution in [-0.4, -0.2) is 26.3 Å². The van der Waals surface area contributed by atoms with Gasteiger partial charge in [0.05, 0.1) is 13.2 Å². The fourth-order valence-electron chi connectivity index (χ4n) is 0.516. The predicted molar refractivity (Wildman–Crippen MR) is 25.8 cm³/mol. The highest BCUT2D eigenvalue weighted by molar-refractivity contribution is 4.49. The lowest BCUT2D eigenvalue weighted by Crippen LogP contribution is -2.30. The minimum atomic E-state index is 0. The van der Waals surface area contributed by atoms with E-state index in [4.69, 9.17) is 4.74 Å². The van der Waals surface area contributed by atoms with E-state index < -0.39 is 0 Å². The Bertz CT molecular complexity index is 27.2. The third kappa shape index (κ3) is 0.954. The number of ether oxygens (including phenoxy) is 1. The van der Waals surface area contributed by atoms with Crippen molar-refractivity contribution < 1.29 is 6.16 Å². The third-order valence-corrected chi connectivity index (χ3v) is 0.846. The van der Waals surface area contributed by atoms with Crippen LogP contribution in [0, 0.1) is 0 Å². The van der Waals surface area contributed by atoms with Crippen LogP contribution < -0.4 is 5.32 Å². The molecule has 38 valence electrons. The molecule has 1 rings (SSSR count). The van der Waals surface area contributed by atoms with Crippen molar-refractivity contribution in [3.8, 4) is 0 Å². The summed E-state index contributed by atoms with van der Waals surface area (Å²) in [7, 11) is 0. The molecule has 0 saturated carbocycles. The zero-order chi connectivity index (χ0) is 4.24. The van der Waals surface area contributed by atoms with E-state index in [0.717, 1.165) is 26.3 Å². The van der Waals surface area contributed by atoms with Crippen molar-refractivity contribution in [1.29, 1.82) is 0 Å². The normalized spacial score (nSPS) is 24.0. The second kappa shape index (κ2) is 2.16. The molecule has 0 atom stereocenters. The number of hydrogen-bond acceptors (Lipinski definition) is 2. The summed E-state index contributed by atoms with van der Waals surface area (Å²) < 4.78 is 5.01. The second-order valence-corrected chi connectivity index (χ2v) is 1.36. The SMILES string of the molecule is C1COCCN1.[2HH]. The van der Waals surface area contributed by atoms with E-state index >= 15 is 0 Å². The lowest BCUT2D eigenvalue weighted by atomic mass is 10.5. The molecule has 0 bridgehead atoms. The van der Waals surface area contributed by atoms with Gasteiger partial charge in [-0.25, -0.2) is 0 Å². The molecule has 2 heteroatoms. The molecule has 0 aliphatic carbocycles. The molecule has 1 fully saturated rings. The first-order chi connectivity index (χ1) is 3.00. The van der Waals surface area contributed by atoms with Crippen molar-refractivity contribution in [2.45, 2.75) is 0 Å². The maximum atomic E-state index is 5.01. The molecule has 0 amide bonds. The number of hydrogen-bond donors (Lipinski definition) is 1. The van der Waals surface area contributed by atoms with Gasteiger partial charge in [0.2, 0.25) is 0 Å². The average molecular weight is 90.1 g/mol. The van der Waals surface area contributed by atoms with E-state index in [1.54, 1.807) is 0 Å². The Hall–Kier alpha value is -0.0800. The van der Waals surface area contributed by atoms with E-state index in [1.807, 2.05) is 0 Å². The molecule has 0 spiro atoms. The molecular formula is C4H11NO. The summed E-state index contributed by atoms with van der Waals surface area (Å²) in [6.45, 7) is 3.83. The quantitative estimate of drug-likeness (QED) is 0.446. The molecule has 1 heterocycles. The van der Waals surface area contributed by atoms with Crippen LogP contribution in [0.15, 0.2) is 0 Å². The first-order valence-corrected chi connectivity index (χ1v) is 2.28. The van der Waals surface area contributed by atoms with Crippen LogP contribution in [0.1, 0.15) is 1.43 Å². The Labute approximate surface area is 39.0 Å². The molecule has 1 N–H and O–H groups in total. The maximum Gasteiger partial charge on any atom is 0.0591 e. The molecule has 0 aromatic rings. The van der Waals surface area contributed by atoms with Crippen LogP contribution in [-0.2, 0) is 4.74 Å². The van der Waals surface area contributed by atoms with Gasteiger partial charge in [0, 0.05) is 14.5 Å². The molecule has 0 aromatic heterocycles. The van der Waals surface area contributed by atoms with Gasteiger partial charge in [0.15, 0.2) is 0 Å². The molecular weight excluding hydrogens is 78.0 g/mol. The summed E-state index contributed by atoms with van der Waals surface area (Å²) in [5.41, 5.74) is 0. The van der Waals surface area contributed by atoms with Crippen LogP contribution in [0.4, 0.5) is 0 Å². The molecule has 1 aliphatic heterocycles. The molecule has 0 radical (unpaired) electrons. The number of nitrogens with one attached hydrogen (secondary N) is 1. The molecule has 6 heavy (non-hydrogen) atoms. The predicted octanol–water partition coefficient (Wildman–Crippen LogP) is -0.148. The lowest BCUT2D eigenvalue weighted by molar-refractivity contribution is 0.109. The van der Waals surface area contributed by atoms with Gasteiger partial charge in [0.1, 0.15) is 0 Å². The first kappa shape index (κ1) is 4.09. The van der Waals surface area contributed by atoms with Gasteiger partial charge in [-0.15, -0.1) is 0 Å². The third-order valence-electron chi connectivity index (χ3n) is 0.846. The van der Waals surface area contributed by atoms with Crippen molar-refractivity contribution in [3.05, 3.63) is 0 Å². The Morgan fingerprint density at radius 1 is 1.33 bits per heavy atom. The number of rotatable bonds is 0. The topological polar surface area (TPSA) is 21.3 Å². The van der Waals surface area contributed by atoms with E-state index in [0.29, 0.717) is 0 Å². The van der Waals surface area contributed by atoms with Gasteiger partial charge >= 0.3 is 0 Å². The van der Waals surface area contributed by atoms with Crippen LogP contribution >= 0.6 is 0 Å². The highest BCUT2D eigenvalue weighted by atomic mass is 16.5. The standard InChI is InChI=1S/C4H9NO.H2/c1-3-6-4-2-5-1;/h5H,1-4H2;1H/i;1+1. The number of morpholine rings is 1. The summed E-state index contributed by atoms with van der Waals surface area (Å²) in [5.74, 6) is 0. The van der Waals surface area contributed by atoms with Gasteiger partial charge in [-0.05, 0) is 0 Å². The fraction of sp³-hybridized carbons (Fsp3) is 1.00. The van der Waals surface area contributed by atoms with Crippen molar-refractivity contribution >= 4 is 0 Å². The van der Waals surface area contributed by atoms with Crippen LogP contribution in [0.2, 0.25) is 0 Å². The van der Waals surface area contributed by atoms with E-state index in [1.165, 1.54) is 0 Å². The van der Waals surface area contributed by atoms with Gasteiger partial charge in [-0.1, -0.05) is 0 Å². The van der Waals surface area contributed by atoms with E-state index in [9.17, 15) is 0 Å². The molecule has 0 aromatic carbocycles. The van der Waals surface area contributed by atoms with Gasteiger partial charge in [-0.3, -0.25) is 0 Å². The Balaban J connectivity index is 0.000000360. The van der Waals surface area contributed by atoms with E-state index in [-0.39, 0.29) is 1.43 Å². The maximum absolute atomic E-state index is 5.01. The first-order valence-electron chi connectivity index (χ1n) is 2.28. The van der Waals surface area contributed by atoms with Crippen molar-refractivity contribution in [1.82, 2.24) is 5.32 Å². The fourth-order valence-corrected chi connectivity index (χ4v) is 0.516. The van der Waals surface area contributed by atoms with Gasteiger partial charge in [0.25, 0.3) is 0 Å². The minimum Gasteiger partial charge on any atom is -0.379 e. The Morgan fingerprint density at radius 2 is 2.00 bits per heavy atom. The summed E-state index contributed by atoms with van der Waals surface area (Å²) in [6.07, 6.45) is 0. The monoisotopic (exact) mass is 90.1 g/mol. The van der Waals surface area contributed by atoms with Crippen LogP contribution in [0.25, 0.3) is 0 Å².